The van der Waals surface area contributed by atoms with Gasteiger partial charge in [-0.05, 0) is 37.8 Å². The van der Waals surface area contributed by atoms with Crippen molar-refractivity contribution in [2.24, 2.45) is 0 Å². The summed E-state index contributed by atoms with van der Waals surface area (Å²) in [6, 6.07) is 5.82. The van der Waals surface area contributed by atoms with Gasteiger partial charge >= 0.3 is 0 Å². The second kappa shape index (κ2) is 6.12. The summed E-state index contributed by atoms with van der Waals surface area (Å²) in [7, 11) is -1.40. The highest BCUT2D eigenvalue weighted by Gasteiger charge is 2.41. The fourth-order valence-corrected chi connectivity index (χ4v) is 6.36. The average Bonchev–Trinajstić information content (AvgIpc) is 3.35. The summed E-state index contributed by atoms with van der Waals surface area (Å²) in [6.07, 6.45) is 3.49. The molecule has 1 saturated heterocycles. The monoisotopic (exact) mass is 385 g/mol. The lowest BCUT2D eigenvalue weighted by Crippen LogP contribution is -2.49. The number of aromatic nitrogens is 1. The van der Waals surface area contributed by atoms with Crippen LogP contribution in [0.3, 0.4) is 0 Å². The van der Waals surface area contributed by atoms with Crippen LogP contribution in [0.2, 0.25) is 5.02 Å². The van der Waals surface area contributed by atoms with Gasteiger partial charge in [-0.25, -0.2) is 13.4 Å². The van der Waals surface area contributed by atoms with Crippen molar-refractivity contribution in [2.75, 3.05) is 25.0 Å². The molecule has 1 atom stereocenters. The Bertz CT molecular complexity index is 863. The van der Waals surface area contributed by atoms with Crippen molar-refractivity contribution in [1.82, 2.24) is 9.29 Å². The van der Waals surface area contributed by atoms with Crippen molar-refractivity contribution in [3.05, 3.63) is 23.2 Å². The number of thiazole rings is 1. The molecule has 2 aliphatic rings. The number of likely N-dealkylation sites (N-methyl/N-ethyl adjacent to an activating group) is 1. The number of hydrogen-bond acceptors (Lipinski definition) is 5. The molecule has 2 heterocycles. The number of para-hydroxylation sites is 1. The lowest BCUT2D eigenvalue weighted by atomic mass is 10.1. The average molecular weight is 386 g/mol. The van der Waals surface area contributed by atoms with E-state index in [0.717, 1.165) is 47.6 Å². The van der Waals surface area contributed by atoms with Crippen LogP contribution in [-0.4, -0.2) is 49.1 Å². The lowest BCUT2D eigenvalue weighted by Gasteiger charge is -2.37. The summed E-state index contributed by atoms with van der Waals surface area (Å²) in [5.74, 6) is 0. The van der Waals surface area contributed by atoms with Crippen LogP contribution in [0.25, 0.3) is 10.2 Å². The lowest BCUT2D eigenvalue weighted by molar-refractivity contribution is 0.320. The number of nitrogens with zero attached hydrogens (tertiary/aromatic N) is 3. The molecule has 1 aliphatic carbocycles. The molecule has 1 saturated carbocycles. The SMILES string of the molecule is CN(C1CCCN(c2nc3c(Cl)cccc3s2)C1)S(=O)(=O)C1CC1. The molecule has 0 radical (unpaired) electrons. The molecule has 1 aromatic heterocycles. The normalized spacial score (nSPS) is 22.5. The maximum absolute atomic E-state index is 12.5. The first-order valence-corrected chi connectivity index (χ1v) is 10.9. The van der Waals surface area contributed by atoms with E-state index in [1.807, 2.05) is 18.2 Å². The first-order valence-electron chi connectivity index (χ1n) is 8.23. The van der Waals surface area contributed by atoms with Crippen LogP contribution >= 0.6 is 22.9 Å². The fraction of sp³-hybridized carbons (Fsp3) is 0.562. The van der Waals surface area contributed by atoms with E-state index in [2.05, 4.69) is 9.88 Å². The van der Waals surface area contributed by atoms with E-state index in [0.29, 0.717) is 11.6 Å². The van der Waals surface area contributed by atoms with Gasteiger partial charge in [0.05, 0.1) is 15.0 Å². The Morgan fingerprint density at radius 2 is 2.12 bits per heavy atom. The van der Waals surface area contributed by atoms with Crippen LogP contribution in [0, 0.1) is 0 Å². The molecule has 0 bridgehead atoms. The summed E-state index contributed by atoms with van der Waals surface area (Å²) in [4.78, 5) is 6.89. The minimum atomic E-state index is -3.13. The van der Waals surface area contributed by atoms with E-state index in [-0.39, 0.29) is 11.3 Å². The van der Waals surface area contributed by atoms with Gasteiger partial charge in [0.2, 0.25) is 10.0 Å². The third-order valence-electron chi connectivity index (χ3n) is 4.89. The van der Waals surface area contributed by atoms with Crippen LogP contribution in [0.15, 0.2) is 18.2 Å². The van der Waals surface area contributed by atoms with E-state index in [1.165, 1.54) is 0 Å². The number of sulfonamides is 1. The molecule has 1 aliphatic heterocycles. The molecule has 1 aromatic carbocycles. The molecule has 0 spiro atoms. The smallest absolute Gasteiger partial charge is 0.217 e. The summed E-state index contributed by atoms with van der Waals surface area (Å²) in [5.41, 5.74) is 0.834. The molecule has 5 nitrogen and oxygen atoms in total. The second-order valence-electron chi connectivity index (χ2n) is 6.59. The highest BCUT2D eigenvalue weighted by Crippen LogP contribution is 2.36. The number of halogens is 1. The number of hydrogen-bond donors (Lipinski definition) is 0. The highest BCUT2D eigenvalue weighted by molar-refractivity contribution is 7.90. The van der Waals surface area contributed by atoms with Gasteiger partial charge in [-0.3, -0.25) is 0 Å². The minimum absolute atomic E-state index is 0.0202. The molecular weight excluding hydrogens is 366 g/mol. The van der Waals surface area contributed by atoms with Crippen molar-refractivity contribution in [3.8, 4) is 0 Å². The minimum Gasteiger partial charge on any atom is -0.346 e. The van der Waals surface area contributed by atoms with E-state index in [4.69, 9.17) is 11.6 Å². The molecular formula is C16H20ClN3O2S2. The van der Waals surface area contributed by atoms with Crippen LogP contribution < -0.4 is 4.90 Å². The quantitative estimate of drug-likeness (QED) is 0.809. The predicted molar refractivity (Wildman–Crippen MR) is 99.6 cm³/mol. The molecule has 2 fully saturated rings. The Morgan fingerprint density at radius 1 is 1.33 bits per heavy atom. The zero-order valence-corrected chi connectivity index (χ0v) is 15.9. The van der Waals surface area contributed by atoms with E-state index in [1.54, 1.807) is 22.7 Å². The third-order valence-corrected chi connectivity index (χ3v) is 8.69. The standard InChI is InChI=1S/C16H20ClN3O2S2/c1-19(24(21,22)12-7-8-12)11-4-3-9-20(10-11)16-18-15-13(17)5-2-6-14(15)23-16/h2,5-6,11-12H,3-4,7-10H2,1H3. The first kappa shape index (κ1) is 16.6. The van der Waals surface area contributed by atoms with Crippen LogP contribution in [0.4, 0.5) is 5.13 Å². The van der Waals surface area contributed by atoms with Gasteiger partial charge in [-0.1, -0.05) is 29.0 Å². The van der Waals surface area contributed by atoms with Crippen molar-refractivity contribution >= 4 is 48.3 Å². The van der Waals surface area contributed by atoms with Gasteiger partial charge in [0.25, 0.3) is 0 Å². The van der Waals surface area contributed by atoms with Crippen LogP contribution in [0.1, 0.15) is 25.7 Å². The molecule has 2 aromatic rings. The Hall–Kier alpha value is -0.890. The largest absolute Gasteiger partial charge is 0.346 e. The fourth-order valence-electron chi connectivity index (χ4n) is 3.27. The van der Waals surface area contributed by atoms with Gasteiger partial charge in [0.15, 0.2) is 5.13 Å². The first-order chi connectivity index (χ1) is 11.5. The third kappa shape index (κ3) is 2.92. The summed E-state index contributed by atoms with van der Waals surface area (Å²) in [6.45, 7) is 1.60. The zero-order chi connectivity index (χ0) is 16.9. The van der Waals surface area contributed by atoms with Crippen molar-refractivity contribution in [1.29, 1.82) is 0 Å². The molecule has 130 valence electrons. The van der Waals surface area contributed by atoms with E-state index in [9.17, 15) is 8.42 Å². The number of piperidine rings is 1. The van der Waals surface area contributed by atoms with Gasteiger partial charge < -0.3 is 4.90 Å². The second-order valence-corrected chi connectivity index (χ2v) is 10.3. The Labute approximate surface area is 151 Å². The molecule has 0 amide bonds. The summed E-state index contributed by atoms with van der Waals surface area (Å²) < 4.78 is 27.7. The van der Waals surface area contributed by atoms with E-state index < -0.39 is 10.0 Å². The number of anilines is 1. The summed E-state index contributed by atoms with van der Waals surface area (Å²) >= 11 is 7.85. The van der Waals surface area contributed by atoms with Crippen molar-refractivity contribution in [3.63, 3.8) is 0 Å². The molecule has 1 unspecified atom stereocenters. The Kier molecular flexibility index (Phi) is 4.23. The molecule has 8 heteroatoms. The maximum atomic E-state index is 12.5. The molecule has 24 heavy (non-hydrogen) atoms. The van der Waals surface area contributed by atoms with Gasteiger partial charge in [-0.15, -0.1) is 0 Å². The van der Waals surface area contributed by atoms with Gasteiger partial charge in [-0.2, -0.15) is 4.31 Å². The van der Waals surface area contributed by atoms with Crippen molar-refractivity contribution in [2.45, 2.75) is 37.0 Å². The highest BCUT2D eigenvalue weighted by atomic mass is 35.5. The Morgan fingerprint density at radius 3 is 2.83 bits per heavy atom. The topological polar surface area (TPSA) is 53.5 Å². The summed E-state index contributed by atoms with van der Waals surface area (Å²) in [5, 5.41) is 1.44. The van der Waals surface area contributed by atoms with E-state index >= 15 is 0 Å². The molecule has 4 rings (SSSR count). The Balaban J connectivity index is 1.56. The number of rotatable bonds is 4. The van der Waals surface area contributed by atoms with Crippen molar-refractivity contribution < 1.29 is 8.42 Å². The van der Waals surface area contributed by atoms with Crippen LogP contribution in [-0.2, 0) is 10.0 Å². The van der Waals surface area contributed by atoms with Crippen LogP contribution in [0.5, 0.6) is 0 Å². The number of benzene rings is 1. The number of fused-ring (bicyclic) bond motifs is 1. The predicted octanol–water partition coefficient (Wildman–Crippen LogP) is 3.34. The molecule has 0 N–H and O–H groups in total. The zero-order valence-electron chi connectivity index (χ0n) is 13.5. The van der Waals surface area contributed by atoms with Gasteiger partial charge in [0.1, 0.15) is 5.52 Å². The maximum Gasteiger partial charge on any atom is 0.217 e. The van der Waals surface area contributed by atoms with Gasteiger partial charge in [0, 0.05) is 26.2 Å².